The van der Waals surface area contributed by atoms with Crippen LogP contribution in [-0.4, -0.2) is 34.5 Å². The average Bonchev–Trinajstić information content (AvgIpc) is 2.38. The Kier molecular flexibility index (Phi) is 5.19. The van der Waals surface area contributed by atoms with E-state index in [4.69, 9.17) is 5.11 Å². The highest BCUT2D eigenvalue weighted by atomic mass is 19.1. The lowest BCUT2D eigenvalue weighted by Crippen LogP contribution is -2.42. The molecule has 20 heavy (non-hydrogen) atoms. The van der Waals surface area contributed by atoms with Crippen LogP contribution in [0, 0.1) is 18.6 Å². The first-order valence-electron chi connectivity index (χ1n) is 6.26. The molecule has 0 heterocycles. The van der Waals surface area contributed by atoms with Gasteiger partial charge in [-0.1, -0.05) is 6.92 Å². The number of carbonyl (C=O) groups excluding carboxylic acids is 1. The molecule has 1 aromatic rings. The maximum absolute atomic E-state index is 13.7. The number of benzene rings is 1. The summed E-state index contributed by atoms with van der Waals surface area (Å²) >= 11 is 0. The van der Waals surface area contributed by atoms with Gasteiger partial charge in [-0.3, -0.25) is 9.59 Å². The first-order chi connectivity index (χ1) is 9.27. The second-order valence-corrected chi connectivity index (χ2v) is 4.67. The van der Waals surface area contributed by atoms with E-state index >= 15 is 0 Å². The topological polar surface area (TPSA) is 57.6 Å². The van der Waals surface area contributed by atoms with Crippen LogP contribution < -0.4 is 0 Å². The molecule has 110 valence electrons. The van der Waals surface area contributed by atoms with Gasteiger partial charge in [-0.25, -0.2) is 8.78 Å². The van der Waals surface area contributed by atoms with Crippen molar-refractivity contribution in [2.75, 3.05) is 6.54 Å². The van der Waals surface area contributed by atoms with E-state index in [9.17, 15) is 18.4 Å². The standard InChI is InChI=1S/C14H17F2NO3/c1-4-9(3)17(7-13(18)19)14(20)10-5-8(2)11(15)6-12(10)16/h5-6,9H,4,7H2,1-3H3,(H,18,19). The molecule has 1 unspecified atom stereocenters. The van der Waals surface area contributed by atoms with Crippen molar-refractivity contribution in [2.45, 2.75) is 33.2 Å². The molecule has 1 aromatic carbocycles. The predicted octanol–water partition coefficient (Wildman–Crippen LogP) is 2.60. The minimum atomic E-state index is -1.18. The van der Waals surface area contributed by atoms with Gasteiger partial charge in [0.25, 0.3) is 5.91 Å². The van der Waals surface area contributed by atoms with E-state index < -0.39 is 30.1 Å². The van der Waals surface area contributed by atoms with Crippen molar-refractivity contribution in [3.63, 3.8) is 0 Å². The van der Waals surface area contributed by atoms with Gasteiger partial charge in [0.05, 0.1) is 5.56 Å². The van der Waals surface area contributed by atoms with E-state index in [2.05, 4.69) is 0 Å². The van der Waals surface area contributed by atoms with E-state index in [0.717, 1.165) is 11.0 Å². The van der Waals surface area contributed by atoms with Crippen LogP contribution in [0.25, 0.3) is 0 Å². The van der Waals surface area contributed by atoms with Crippen molar-refractivity contribution in [3.05, 3.63) is 34.9 Å². The summed E-state index contributed by atoms with van der Waals surface area (Å²) in [4.78, 5) is 24.2. The zero-order valence-corrected chi connectivity index (χ0v) is 11.6. The van der Waals surface area contributed by atoms with Crippen molar-refractivity contribution in [2.24, 2.45) is 0 Å². The number of aryl methyl sites for hydroxylation is 1. The first-order valence-corrected chi connectivity index (χ1v) is 6.26. The van der Waals surface area contributed by atoms with E-state index in [1.54, 1.807) is 13.8 Å². The van der Waals surface area contributed by atoms with E-state index in [-0.39, 0.29) is 17.2 Å². The Bertz CT molecular complexity index is 531. The minimum Gasteiger partial charge on any atom is -0.480 e. The second-order valence-electron chi connectivity index (χ2n) is 4.67. The molecule has 0 aliphatic rings. The van der Waals surface area contributed by atoms with Gasteiger partial charge in [0.1, 0.15) is 18.2 Å². The van der Waals surface area contributed by atoms with Crippen LogP contribution >= 0.6 is 0 Å². The summed E-state index contributed by atoms with van der Waals surface area (Å²) in [6.07, 6.45) is 0.529. The highest BCUT2D eigenvalue weighted by Gasteiger charge is 2.25. The number of nitrogens with zero attached hydrogens (tertiary/aromatic N) is 1. The molecule has 0 aliphatic carbocycles. The lowest BCUT2D eigenvalue weighted by atomic mass is 10.1. The molecule has 1 N–H and O–H groups in total. The molecule has 0 fully saturated rings. The molecule has 0 aliphatic heterocycles. The Morgan fingerprint density at radius 3 is 2.40 bits per heavy atom. The monoisotopic (exact) mass is 285 g/mol. The van der Waals surface area contributed by atoms with Crippen LogP contribution in [0.5, 0.6) is 0 Å². The van der Waals surface area contributed by atoms with Gasteiger partial charge in [0, 0.05) is 12.1 Å². The van der Waals surface area contributed by atoms with Crippen molar-refractivity contribution in [3.8, 4) is 0 Å². The van der Waals surface area contributed by atoms with E-state index in [1.807, 2.05) is 0 Å². The molecule has 0 radical (unpaired) electrons. The van der Waals surface area contributed by atoms with Gasteiger partial charge < -0.3 is 10.0 Å². The quantitative estimate of drug-likeness (QED) is 0.904. The highest BCUT2D eigenvalue weighted by molar-refractivity contribution is 5.96. The van der Waals surface area contributed by atoms with E-state index in [1.165, 1.54) is 6.92 Å². The number of rotatable bonds is 5. The van der Waals surface area contributed by atoms with Crippen molar-refractivity contribution < 1.29 is 23.5 Å². The lowest BCUT2D eigenvalue weighted by Gasteiger charge is -2.27. The summed E-state index contributed by atoms with van der Waals surface area (Å²) in [5.74, 6) is -3.66. The average molecular weight is 285 g/mol. The van der Waals surface area contributed by atoms with Gasteiger partial charge in [-0.2, -0.15) is 0 Å². The molecule has 1 rings (SSSR count). The van der Waals surface area contributed by atoms with Gasteiger partial charge in [-0.05, 0) is 31.9 Å². The summed E-state index contributed by atoms with van der Waals surface area (Å²) in [5, 5.41) is 8.84. The zero-order chi connectivity index (χ0) is 15.4. The van der Waals surface area contributed by atoms with Gasteiger partial charge in [-0.15, -0.1) is 0 Å². The maximum atomic E-state index is 13.7. The highest BCUT2D eigenvalue weighted by Crippen LogP contribution is 2.18. The van der Waals surface area contributed by atoms with Gasteiger partial charge in [0.2, 0.25) is 0 Å². The normalized spacial score (nSPS) is 12.1. The molecule has 1 amide bonds. The molecule has 0 aromatic heterocycles. The number of halogens is 2. The Balaban J connectivity index is 3.18. The van der Waals surface area contributed by atoms with Crippen LogP contribution in [0.2, 0.25) is 0 Å². The fourth-order valence-corrected chi connectivity index (χ4v) is 1.77. The summed E-state index contributed by atoms with van der Waals surface area (Å²) in [6, 6.07) is 1.38. The first kappa shape index (κ1) is 16.1. The number of hydrogen-bond acceptors (Lipinski definition) is 2. The van der Waals surface area contributed by atoms with Crippen LogP contribution in [0.15, 0.2) is 12.1 Å². The van der Waals surface area contributed by atoms with Crippen LogP contribution in [0.1, 0.15) is 36.2 Å². The van der Waals surface area contributed by atoms with Crippen molar-refractivity contribution in [1.29, 1.82) is 0 Å². The number of carboxylic acid groups (broad SMARTS) is 1. The molecule has 6 heteroatoms. The third-order valence-electron chi connectivity index (χ3n) is 3.17. The Labute approximate surface area is 116 Å². The zero-order valence-electron chi connectivity index (χ0n) is 11.6. The summed E-state index contributed by atoms with van der Waals surface area (Å²) in [5.41, 5.74) is -0.181. The number of hydrogen-bond donors (Lipinski definition) is 1. The fraction of sp³-hybridized carbons (Fsp3) is 0.429. The van der Waals surface area contributed by atoms with Crippen molar-refractivity contribution >= 4 is 11.9 Å². The molecule has 0 saturated heterocycles. The third-order valence-corrected chi connectivity index (χ3v) is 3.17. The Morgan fingerprint density at radius 1 is 1.30 bits per heavy atom. The molecule has 0 spiro atoms. The Hall–Kier alpha value is -1.98. The van der Waals surface area contributed by atoms with Crippen LogP contribution in [0.4, 0.5) is 8.78 Å². The maximum Gasteiger partial charge on any atom is 0.323 e. The van der Waals surface area contributed by atoms with E-state index in [0.29, 0.717) is 12.5 Å². The molecule has 1 atom stereocenters. The second kappa shape index (κ2) is 6.45. The number of aliphatic carboxylic acids is 1. The number of carbonyl (C=O) groups is 2. The minimum absolute atomic E-state index is 0.133. The van der Waals surface area contributed by atoms with Crippen LogP contribution in [0.3, 0.4) is 0 Å². The molecule has 0 bridgehead atoms. The van der Waals surface area contributed by atoms with Crippen LogP contribution in [-0.2, 0) is 4.79 Å². The third kappa shape index (κ3) is 3.53. The predicted molar refractivity (Wildman–Crippen MR) is 69.5 cm³/mol. The van der Waals surface area contributed by atoms with Gasteiger partial charge >= 0.3 is 5.97 Å². The summed E-state index contributed by atoms with van der Waals surface area (Å²) in [7, 11) is 0. The summed E-state index contributed by atoms with van der Waals surface area (Å²) < 4.78 is 26.9. The molecular weight excluding hydrogens is 268 g/mol. The number of carboxylic acids is 1. The molecule has 4 nitrogen and oxygen atoms in total. The molecular formula is C14H17F2NO3. The largest absolute Gasteiger partial charge is 0.480 e. The Morgan fingerprint density at radius 2 is 1.90 bits per heavy atom. The smallest absolute Gasteiger partial charge is 0.323 e. The fourth-order valence-electron chi connectivity index (χ4n) is 1.77. The summed E-state index contributed by atoms with van der Waals surface area (Å²) in [6.45, 7) is 4.36. The number of amides is 1. The lowest BCUT2D eigenvalue weighted by molar-refractivity contribution is -0.138. The van der Waals surface area contributed by atoms with Crippen molar-refractivity contribution in [1.82, 2.24) is 4.90 Å². The SMILES string of the molecule is CCC(C)N(CC(=O)O)C(=O)c1cc(C)c(F)cc1F. The van der Waals surface area contributed by atoms with Gasteiger partial charge in [0.15, 0.2) is 0 Å². The molecule has 0 saturated carbocycles.